The first-order chi connectivity index (χ1) is 13.1. The zero-order valence-electron chi connectivity index (χ0n) is 15.1. The normalized spacial score (nSPS) is 14.7. The molecule has 0 aliphatic heterocycles. The molecule has 7 heteroatoms. The third-order valence-corrected chi connectivity index (χ3v) is 7.23. The fourth-order valence-corrected chi connectivity index (χ4v) is 6.12. The first-order valence-corrected chi connectivity index (χ1v) is 10.7. The summed E-state index contributed by atoms with van der Waals surface area (Å²) in [6.45, 7) is 4.00. The van der Waals surface area contributed by atoms with Crippen molar-refractivity contribution < 1.29 is 0 Å². The van der Waals surface area contributed by atoms with Crippen LogP contribution in [0.15, 0.2) is 34.1 Å². The highest BCUT2D eigenvalue weighted by atomic mass is 32.2. The van der Waals surface area contributed by atoms with Gasteiger partial charge in [-0.1, -0.05) is 23.9 Å². The molecule has 1 aliphatic rings. The zero-order chi connectivity index (χ0) is 18.5. The lowest BCUT2D eigenvalue weighted by molar-refractivity contribution is 0.908. The number of H-pyrrole nitrogens is 1. The van der Waals surface area contributed by atoms with Gasteiger partial charge in [-0.15, -0.1) is 11.3 Å². The van der Waals surface area contributed by atoms with E-state index in [4.69, 9.17) is 4.98 Å². The van der Waals surface area contributed by atoms with Crippen molar-refractivity contribution in [3.8, 4) is 0 Å². The molecule has 136 valence electrons. The molecule has 1 N–H and O–H groups in total. The molecule has 0 saturated carbocycles. The average Bonchev–Trinajstić information content (AvgIpc) is 3.22. The molecule has 3 aromatic heterocycles. The Bertz CT molecular complexity index is 1240. The van der Waals surface area contributed by atoms with Crippen molar-refractivity contribution in [1.29, 1.82) is 0 Å². The maximum Gasteiger partial charge on any atom is 0.258 e. The van der Waals surface area contributed by atoms with Crippen LogP contribution < -0.4 is 5.56 Å². The molecule has 0 bridgehead atoms. The molecule has 0 amide bonds. The number of aryl methyl sites for hydroxylation is 3. The standard InChI is InChI=1S/C20H18N4OS2/c1-10(17-23-14-8-4-3-6-12(14)18(25)24-17)26-19-16-13-7-5-9-15(13)27-20(16)22-11(2)21-19/h3-4,6,8,10H,5,7,9H2,1-2H3,(H,23,24,25)/t10-/m1/s1. The molecule has 0 radical (unpaired) electrons. The van der Waals surface area contributed by atoms with Crippen LogP contribution in [0, 0.1) is 6.92 Å². The number of thioether (sulfide) groups is 1. The third-order valence-electron chi connectivity index (χ3n) is 4.95. The number of aromatic nitrogens is 4. The van der Waals surface area contributed by atoms with Crippen LogP contribution in [0.25, 0.3) is 21.1 Å². The van der Waals surface area contributed by atoms with Crippen LogP contribution in [0.2, 0.25) is 0 Å². The van der Waals surface area contributed by atoms with Gasteiger partial charge in [0.25, 0.3) is 5.56 Å². The van der Waals surface area contributed by atoms with Crippen molar-refractivity contribution in [1.82, 2.24) is 19.9 Å². The summed E-state index contributed by atoms with van der Waals surface area (Å²) < 4.78 is 0. The second-order valence-electron chi connectivity index (χ2n) is 6.84. The summed E-state index contributed by atoms with van der Waals surface area (Å²) in [5, 5.41) is 2.81. The van der Waals surface area contributed by atoms with E-state index in [0.29, 0.717) is 11.2 Å². The molecule has 5 rings (SSSR count). The summed E-state index contributed by atoms with van der Waals surface area (Å²) in [7, 11) is 0. The van der Waals surface area contributed by atoms with Gasteiger partial charge in [0.2, 0.25) is 0 Å². The summed E-state index contributed by atoms with van der Waals surface area (Å²) in [5.74, 6) is 1.47. The van der Waals surface area contributed by atoms with Gasteiger partial charge in [-0.3, -0.25) is 4.79 Å². The SMILES string of the molecule is Cc1nc(S[C@H](C)c2nc3ccccc3c(=O)[nH]2)c2c3c(sc2n1)CCC3. The number of hydrogen-bond acceptors (Lipinski definition) is 6. The molecule has 0 saturated heterocycles. The van der Waals surface area contributed by atoms with E-state index in [1.807, 2.05) is 25.1 Å². The lowest BCUT2D eigenvalue weighted by Gasteiger charge is -2.12. The molecule has 3 heterocycles. The first kappa shape index (κ1) is 16.9. The summed E-state index contributed by atoms with van der Waals surface area (Å²) in [6, 6.07) is 7.44. The van der Waals surface area contributed by atoms with Gasteiger partial charge in [0.15, 0.2) is 0 Å². The second kappa shape index (κ2) is 6.42. The number of rotatable bonds is 3. The minimum absolute atomic E-state index is 0.0169. The van der Waals surface area contributed by atoms with Crippen molar-refractivity contribution in [3.63, 3.8) is 0 Å². The van der Waals surface area contributed by atoms with E-state index in [0.717, 1.165) is 34.0 Å². The van der Waals surface area contributed by atoms with E-state index in [1.54, 1.807) is 29.2 Å². The van der Waals surface area contributed by atoms with E-state index in [-0.39, 0.29) is 10.8 Å². The zero-order valence-corrected chi connectivity index (χ0v) is 16.7. The number of thiophene rings is 1. The highest BCUT2D eigenvalue weighted by Crippen LogP contribution is 2.43. The Morgan fingerprint density at radius 1 is 1.19 bits per heavy atom. The second-order valence-corrected chi connectivity index (χ2v) is 9.25. The van der Waals surface area contributed by atoms with Crippen LogP contribution in [0.1, 0.15) is 40.7 Å². The van der Waals surface area contributed by atoms with Crippen LogP contribution in [-0.4, -0.2) is 19.9 Å². The summed E-state index contributed by atoms with van der Waals surface area (Å²) in [5.41, 5.74) is 2.05. The predicted molar refractivity (Wildman–Crippen MR) is 111 cm³/mol. The fraction of sp³-hybridized carbons (Fsp3) is 0.300. The lowest BCUT2D eigenvalue weighted by Crippen LogP contribution is -2.12. The molecule has 5 nitrogen and oxygen atoms in total. The fourth-order valence-electron chi connectivity index (χ4n) is 3.67. The Kier molecular flexibility index (Phi) is 4.02. The van der Waals surface area contributed by atoms with E-state index < -0.39 is 0 Å². The molecule has 27 heavy (non-hydrogen) atoms. The Hall–Kier alpha value is -2.25. The number of aromatic amines is 1. The smallest absolute Gasteiger partial charge is 0.258 e. The minimum Gasteiger partial charge on any atom is -0.309 e. The number of nitrogens with zero attached hydrogens (tertiary/aromatic N) is 3. The van der Waals surface area contributed by atoms with Crippen LogP contribution in [0.3, 0.4) is 0 Å². The summed E-state index contributed by atoms with van der Waals surface area (Å²) in [4.78, 5) is 32.0. The van der Waals surface area contributed by atoms with Gasteiger partial charge < -0.3 is 4.98 Å². The Balaban J connectivity index is 1.58. The van der Waals surface area contributed by atoms with Crippen LogP contribution in [0.4, 0.5) is 0 Å². The van der Waals surface area contributed by atoms with Crippen LogP contribution in [0.5, 0.6) is 0 Å². The molecule has 1 aliphatic carbocycles. The topological polar surface area (TPSA) is 71.5 Å². The van der Waals surface area contributed by atoms with Gasteiger partial charge >= 0.3 is 0 Å². The number of benzene rings is 1. The van der Waals surface area contributed by atoms with Crippen molar-refractivity contribution in [3.05, 3.63) is 56.7 Å². The van der Waals surface area contributed by atoms with Gasteiger partial charge in [0, 0.05) is 10.3 Å². The van der Waals surface area contributed by atoms with E-state index in [9.17, 15) is 4.79 Å². The van der Waals surface area contributed by atoms with Gasteiger partial charge in [-0.05, 0) is 50.8 Å². The molecular weight excluding hydrogens is 376 g/mol. The van der Waals surface area contributed by atoms with Crippen molar-refractivity contribution >= 4 is 44.2 Å². The van der Waals surface area contributed by atoms with E-state index in [2.05, 4.69) is 21.9 Å². The maximum atomic E-state index is 12.4. The monoisotopic (exact) mass is 394 g/mol. The largest absolute Gasteiger partial charge is 0.309 e. The average molecular weight is 395 g/mol. The van der Waals surface area contributed by atoms with Gasteiger partial charge in [0.05, 0.1) is 16.2 Å². The molecule has 4 aromatic rings. The van der Waals surface area contributed by atoms with Crippen molar-refractivity contribution in [2.75, 3.05) is 0 Å². The molecule has 1 atom stereocenters. The highest BCUT2D eigenvalue weighted by molar-refractivity contribution is 7.99. The Labute approximate surface area is 164 Å². The summed E-state index contributed by atoms with van der Waals surface area (Å²) in [6.07, 6.45) is 3.47. The number of fused-ring (bicyclic) bond motifs is 4. The Morgan fingerprint density at radius 3 is 2.93 bits per heavy atom. The molecular formula is C20H18N4OS2. The Morgan fingerprint density at radius 2 is 2.04 bits per heavy atom. The number of para-hydroxylation sites is 1. The van der Waals surface area contributed by atoms with Crippen molar-refractivity contribution in [2.45, 2.75) is 43.4 Å². The lowest BCUT2D eigenvalue weighted by atomic mass is 10.2. The minimum atomic E-state index is -0.0940. The van der Waals surface area contributed by atoms with Gasteiger partial charge in [-0.25, -0.2) is 15.0 Å². The molecule has 0 unspecified atom stereocenters. The molecule has 0 spiro atoms. The molecule has 1 aromatic carbocycles. The van der Waals surface area contributed by atoms with Crippen molar-refractivity contribution in [2.24, 2.45) is 0 Å². The first-order valence-electron chi connectivity index (χ1n) is 9.04. The van der Waals surface area contributed by atoms with E-state index in [1.165, 1.54) is 22.2 Å². The van der Waals surface area contributed by atoms with Gasteiger partial charge in [0.1, 0.15) is 21.5 Å². The van der Waals surface area contributed by atoms with E-state index >= 15 is 0 Å². The van der Waals surface area contributed by atoms with Gasteiger partial charge in [-0.2, -0.15) is 0 Å². The highest BCUT2D eigenvalue weighted by Gasteiger charge is 2.23. The number of hydrogen-bond donors (Lipinski definition) is 1. The van der Waals surface area contributed by atoms with Crippen LogP contribution in [-0.2, 0) is 12.8 Å². The number of nitrogens with one attached hydrogen (secondary N) is 1. The maximum absolute atomic E-state index is 12.4. The van der Waals surface area contributed by atoms with Crippen LogP contribution >= 0.6 is 23.1 Å². The predicted octanol–water partition coefficient (Wildman–Crippen LogP) is 4.58. The third kappa shape index (κ3) is 2.85. The molecule has 0 fully saturated rings. The quantitative estimate of drug-likeness (QED) is 0.407. The summed E-state index contributed by atoms with van der Waals surface area (Å²) >= 11 is 3.46.